The molecule has 0 bridgehead atoms. The van der Waals surface area contributed by atoms with E-state index in [-0.39, 0.29) is 36.5 Å². The zero-order valence-corrected chi connectivity index (χ0v) is 18.0. The van der Waals surface area contributed by atoms with Crippen LogP contribution in [0.5, 0.6) is 0 Å². The number of hydrogen-bond acceptors (Lipinski definition) is 7. The lowest BCUT2D eigenvalue weighted by molar-refractivity contribution is -0.384. The zero-order chi connectivity index (χ0) is 19.2. The third-order valence-electron chi connectivity index (χ3n) is 4.65. The van der Waals surface area contributed by atoms with Crippen molar-refractivity contribution in [3.63, 3.8) is 0 Å². The summed E-state index contributed by atoms with van der Waals surface area (Å²) in [5.41, 5.74) is 7.72. The van der Waals surface area contributed by atoms with Crippen molar-refractivity contribution >= 4 is 48.0 Å². The summed E-state index contributed by atoms with van der Waals surface area (Å²) in [5, 5.41) is 14.1. The molecule has 3 N–H and O–H groups in total. The van der Waals surface area contributed by atoms with Crippen molar-refractivity contribution < 1.29 is 4.92 Å². The minimum Gasteiger partial charge on any atom is -0.355 e. The number of non-ortho nitro benzene ring substituents is 1. The van der Waals surface area contributed by atoms with E-state index in [4.69, 9.17) is 5.73 Å². The molecule has 0 spiro atoms. The summed E-state index contributed by atoms with van der Waals surface area (Å²) in [4.78, 5) is 22.0. The Kier molecular flexibility index (Phi) is 10.1. The fraction of sp³-hybridized carbons (Fsp3) is 0.474. The molecule has 1 saturated heterocycles. The average Bonchev–Trinajstić information content (AvgIpc) is 2.66. The Bertz CT molecular complexity index is 808. The van der Waals surface area contributed by atoms with Gasteiger partial charge in [0.15, 0.2) is 0 Å². The van der Waals surface area contributed by atoms with Gasteiger partial charge < -0.3 is 16.0 Å². The lowest BCUT2D eigenvalue weighted by Gasteiger charge is -2.32. The first-order valence-electron chi connectivity index (χ1n) is 9.45. The molecule has 1 aromatic carbocycles. The van der Waals surface area contributed by atoms with Crippen LogP contribution in [0.1, 0.15) is 38.3 Å². The monoisotopic (exact) mass is 442 g/mol. The summed E-state index contributed by atoms with van der Waals surface area (Å²) in [6, 6.07) is 8.55. The summed E-state index contributed by atoms with van der Waals surface area (Å²) >= 11 is 0. The van der Waals surface area contributed by atoms with Gasteiger partial charge >= 0.3 is 0 Å². The summed E-state index contributed by atoms with van der Waals surface area (Å²) < 4.78 is 0. The molecule has 1 aromatic heterocycles. The van der Waals surface area contributed by atoms with E-state index in [1.807, 2.05) is 6.07 Å². The number of benzene rings is 1. The predicted octanol–water partition coefficient (Wildman–Crippen LogP) is 4.24. The largest absolute Gasteiger partial charge is 0.355 e. The third kappa shape index (κ3) is 6.99. The van der Waals surface area contributed by atoms with Crippen LogP contribution in [0.15, 0.2) is 30.3 Å². The third-order valence-corrected chi connectivity index (χ3v) is 4.65. The second kappa shape index (κ2) is 11.7. The van der Waals surface area contributed by atoms with Crippen molar-refractivity contribution in [2.24, 2.45) is 5.73 Å². The molecule has 1 aliphatic rings. The first kappa shape index (κ1) is 24.9. The number of nitro benzene ring substituents is 1. The number of nitrogens with zero attached hydrogens (tertiary/aromatic N) is 4. The van der Waals surface area contributed by atoms with Gasteiger partial charge in [0.1, 0.15) is 5.82 Å². The van der Waals surface area contributed by atoms with Crippen LogP contribution >= 0.6 is 24.8 Å². The van der Waals surface area contributed by atoms with Crippen molar-refractivity contribution in [2.45, 2.75) is 45.1 Å². The summed E-state index contributed by atoms with van der Waals surface area (Å²) in [7, 11) is 0. The molecule has 1 fully saturated rings. The van der Waals surface area contributed by atoms with Gasteiger partial charge in [-0.2, -0.15) is 4.98 Å². The molecule has 160 valence electrons. The number of aryl methyl sites for hydroxylation is 1. The van der Waals surface area contributed by atoms with Crippen LogP contribution in [0.25, 0.3) is 0 Å². The van der Waals surface area contributed by atoms with E-state index in [1.165, 1.54) is 12.1 Å². The van der Waals surface area contributed by atoms with Gasteiger partial charge in [0.05, 0.1) is 4.92 Å². The number of nitrogens with two attached hydrogens (primary N) is 1. The minimum absolute atomic E-state index is 0. The van der Waals surface area contributed by atoms with Crippen LogP contribution in [-0.4, -0.2) is 34.0 Å². The quantitative estimate of drug-likeness (QED) is 0.486. The van der Waals surface area contributed by atoms with Gasteiger partial charge in [0.2, 0.25) is 5.95 Å². The van der Waals surface area contributed by atoms with Gasteiger partial charge in [0, 0.05) is 48.7 Å². The molecule has 2 heterocycles. The van der Waals surface area contributed by atoms with Crippen LogP contribution in [0.2, 0.25) is 0 Å². The van der Waals surface area contributed by atoms with Gasteiger partial charge in [-0.25, -0.2) is 4.98 Å². The number of rotatable bonds is 7. The number of aromatic nitrogens is 2. The van der Waals surface area contributed by atoms with E-state index in [0.717, 1.165) is 56.7 Å². The Morgan fingerprint density at radius 3 is 2.79 bits per heavy atom. The highest BCUT2D eigenvalue weighted by Gasteiger charge is 2.19. The Morgan fingerprint density at radius 1 is 1.31 bits per heavy atom. The number of nitro groups is 1. The summed E-state index contributed by atoms with van der Waals surface area (Å²) in [5.74, 6) is 1.32. The molecule has 10 heteroatoms. The number of halogens is 2. The second-order valence-electron chi connectivity index (χ2n) is 6.93. The van der Waals surface area contributed by atoms with Gasteiger partial charge in [-0.15, -0.1) is 24.8 Å². The van der Waals surface area contributed by atoms with Gasteiger partial charge in [-0.05, 0) is 31.7 Å². The average molecular weight is 443 g/mol. The van der Waals surface area contributed by atoms with Crippen LogP contribution in [-0.2, 0) is 6.42 Å². The molecule has 0 radical (unpaired) electrons. The maximum absolute atomic E-state index is 11.0. The van der Waals surface area contributed by atoms with Crippen molar-refractivity contribution in [1.29, 1.82) is 0 Å². The van der Waals surface area contributed by atoms with E-state index in [1.54, 1.807) is 12.1 Å². The van der Waals surface area contributed by atoms with E-state index in [0.29, 0.717) is 11.6 Å². The summed E-state index contributed by atoms with van der Waals surface area (Å²) in [6.45, 7) is 3.85. The number of unbranched alkanes of at least 4 members (excludes halogenated alkanes) is 1. The first-order chi connectivity index (χ1) is 13.0. The van der Waals surface area contributed by atoms with E-state index in [9.17, 15) is 10.1 Å². The van der Waals surface area contributed by atoms with E-state index in [2.05, 4.69) is 27.1 Å². The van der Waals surface area contributed by atoms with Crippen molar-refractivity contribution in [2.75, 3.05) is 23.3 Å². The van der Waals surface area contributed by atoms with Crippen molar-refractivity contribution in [3.8, 4) is 0 Å². The van der Waals surface area contributed by atoms with Crippen LogP contribution in [0.4, 0.5) is 23.1 Å². The molecule has 3 rings (SSSR count). The fourth-order valence-electron chi connectivity index (χ4n) is 3.23. The SMILES string of the molecule is CCCCc1cc(N2CCCC(N)C2)nc(Nc2cccc([N+](=O)[O-])c2)n1.Cl.Cl. The second-order valence-corrected chi connectivity index (χ2v) is 6.93. The molecule has 29 heavy (non-hydrogen) atoms. The van der Waals surface area contributed by atoms with E-state index < -0.39 is 4.92 Å². The van der Waals surface area contributed by atoms with Crippen LogP contribution in [0.3, 0.4) is 0 Å². The van der Waals surface area contributed by atoms with Crippen molar-refractivity contribution in [3.05, 3.63) is 46.1 Å². The van der Waals surface area contributed by atoms with Gasteiger partial charge in [0.25, 0.3) is 5.69 Å². The van der Waals surface area contributed by atoms with E-state index >= 15 is 0 Å². The van der Waals surface area contributed by atoms with Crippen LogP contribution in [0, 0.1) is 10.1 Å². The number of nitrogens with one attached hydrogen (secondary N) is 1. The number of piperidine rings is 1. The molecule has 2 aromatic rings. The Balaban J connectivity index is 0.00000210. The molecular weight excluding hydrogens is 415 g/mol. The number of hydrogen-bond donors (Lipinski definition) is 2. The predicted molar refractivity (Wildman–Crippen MR) is 121 cm³/mol. The molecule has 1 atom stereocenters. The summed E-state index contributed by atoms with van der Waals surface area (Å²) in [6.07, 6.45) is 5.08. The molecular formula is C19H28Cl2N6O2. The minimum atomic E-state index is -0.412. The van der Waals surface area contributed by atoms with Gasteiger partial charge in [-0.3, -0.25) is 10.1 Å². The fourth-order valence-corrected chi connectivity index (χ4v) is 3.23. The highest BCUT2D eigenvalue weighted by molar-refractivity contribution is 5.85. The maximum Gasteiger partial charge on any atom is 0.271 e. The standard InChI is InChI=1S/C19H26N6O2.2ClH/c1-2-3-7-16-12-18(24-10-5-6-14(20)13-24)23-19(22-16)21-15-8-4-9-17(11-15)25(26)27;;/h4,8-9,11-12,14H,2-3,5-7,10,13,20H2,1H3,(H,21,22,23);2*1H. The Labute approximate surface area is 183 Å². The Morgan fingerprint density at radius 2 is 2.10 bits per heavy atom. The molecule has 1 aliphatic heterocycles. The first-order valence-corrected chi connectivity index (χ1v) is 9.45. The normalized spacial score (nSPS) is 15.8. The zero-order valence-electron chi connectivity index (χ0n) is 16.4. The molecule has 8 nitrogen and oxygen atoms in total. The highest BCUT2D eigenvalue weighted by Crippen LogP contribution is 2.24. The lowest BCUT2D eigenvalue weighted by Crippen LogP contribution is -2.43. The highest BCUT2D eigenvalue weighted by atomic mass is 35.5. The smallest absolute Gasteiger partial charge is 0.271 e. The van der Waals surface area contributed by atoms with Crippen LogP contribution < -0.4 is 16.0 Å². The molecule has 1 unspecified atom stereocenters. The maximum atomic E-state index is 11.0. The molecule has 0 aliphatic carbocycles. The molecule has 0 amide bonds. The number of anilines is 3. The topological polar surface area (TPSA) is 110 Å². The van der Waals surface area contributed by atoms with Gasteiger partial charge in [-0.1, -0.05) is 19.4 Å². The Hall–Kier alpha value is -2.16. The molecule has 0 saturated carbocycles. The lowest BCUT2D eigenvalue weighted by atomic mass is 10.1. The van der Waals surface area contributed by atoms with Crippen molar-refractivity contribution in [1.82, 2.24) is 9.97 Å².